The van der Waals surface area contributed by atoms with Gasteiger partial charge in [-0.2, -0.15) is 26.3 Å². The monoisotopic (exact) mass is 696 g/mol. The van der Waals surface area contributed by atoms with Gasteiger partial charge in [0.2, 0.25) is 5.91 Å². The van der Waals surface area contributed by atoms with Gasteiger partial charge in [-0.3, -0.25) is 9.59 Å². The van der Waals surface area contributed by atoms with Crippen molar-refractivity contribution in [3.8, 4) is 0 Å². The van der Waals surface area contributed by atoms with Crippen LogP contribution in [0.2, 0.25) is 0 Å². The Bertz CT molecular complexity index is 1600. The second kappa shape index (κ2) is 14.9. The van der Waals surface area contributed by atoms with Gasteiger partial charge in [-0.1, -0.05) is 66.7 Å². The Balaban J connectivity index is 1.51. The van der Waals surface area contributed by atoms with Crippen LogP contribution in [0.4, 0.5) is 31.1 Å². The molecule has 3 aromatic carbocycles. The lowest BCUT2D eigenvalue weighted by molar-refractivity contribution is -0.147. The predicted octanol–water partition coefficient (Wildman–Crippen LogP) is 5.49. The van der Waals surface area contributed by atoms with Crippen molar-refractivity contribution in [2.75, 3.05) is 5.88 Å². The van der Waals surface area contributed by atoms with Crippen LogP contribution >= 0.6 is 11.8 Å². The molecule has 1 saturated heterocycles. The van der Waals surface area contributed by atoms with E-state index < -0.39 is 77.3 Å². The number of aliphatic hydroxyl groups is 1. The molecule has 0 spiro atoms. The Labute approximate surface area is 277 Å². The molecule has 0 bridgehead atoms. The number of nitrogens with zero attached hydrogens (tertiary/aromatic N) is 1. The zero-order chi connectivity index (χ0) is 35.3. The average Bonchev–Trinajstić information content (AvgIpc) is 3.36. The summed E-state index contributed by atoms with van der Waals surface area (Å²) >= 11 is 1.22. The number of carbonyl (C=O) groups excluding carboxylic acids is 3. The minimum Gasteiger partial charge on any atom is -0.381 e. The molecule has 1 heterocycles. The summed E-state index contributed by atoms with van der Waals surface area (Å²) in [5, 5.41) is 18.7. The van der Waals surface area contributed by atoms with Crippen molar-refractivity contribution >= 4 is 29.6 Å². The summed E-state index contributed by atoms with van der Waals surface area (Å²) in [6, 6.07) is 14.5. The van der Waals surface area contributed by atoms with Crippen LogP contribution in [0.25, 0.3) is 0 Å². The molecule has 4 amide bonds. The number of aliphatic hydroxyl groups excluding tert-OH is 1. The molecule has 0 radical (unpaired) electrons. The maximum absolute atomic E-state index is 13.8. The maximum atomic E-state index is 13.8. The van der Waals surface area contributed by atoms with E-state index in [0.717, 1.165) is 17.0 Å². The molecule has 48 heavy (non-hydrogen) atoms. The zero-order valence-corrected chi connectivity index (χ0v) is 26.7. The Kier molecular flexibility index (Phi) is 11.4. The first-order chi connectivity index (χ1) is 22.5. The fraction of sp³-hybridized carbons (Fsp3) is 0.364. The number of alkyl halides is 6. The van der Waals surface area contributed by atoms with Crippen molar-refractivity contribution in [1.29, 1.82) is 0 Å². The molecule has 1 aliphatic rings. The lowest BCUT2D eigenvalue weighted by Gasteiger charge is -2.33. The first kappa shape index (κ1) is 36.6. The number of urea groups is 1. The van der Waals surface area contributed by atoms with E-state index in [1.807, 2.05) is 0 Å². The van der Waals surface area contributed by atoms with Crippen molar-refractivity contribution < 1.29 is 45.8 Å². The van der Waals surface area contributed by atoms with E-state index in [1.54, 1.807) is 44.2 Å². The first-order valence-corrected chi connectivity index (χ1v) is 15.8. The molecule has 4 rings (SSSR count). The summed E-state index contributed by atoms with van der Waals surface area (Å²) in [4.78, 5) is 41.3. The van der Waals surface area contributed by atoms with Crippen LogP contribution in [-0.4, -0.2) is 56.7 Å². The summed E-state index contributed by atoms with van der Waals surface area (Å²) in [6.45, 7) is 2.39. The molecule has 3 aromatic rings. The van der Waals surface area contributed by atoms with Gasteiger partial charge in [0, 0.05) is 17.8 Å². The highest BCUT2D eigenvalue weighted by Crippen LogP contribution is 2.40. The summed E-state index contributed by atoms with van der Waals surface area (Å²) in [7, 11) is 0. The molecule has 15 heteroatoms. The number of amides is 4. The molecule has 8 nitrogen and oxygen atoms in total. The van der Waals surface area contributed by atoms with Crippen molar-refractivity contribution in [2.24, 2.45) is 0 Å². The largest absolute Gasteiger partial charge is 0.416 e. The van der Waals surface area contributed by atoms with Crippen molar-refractivity contribution in [1.82, 2.24) is 20.9 Å². The van der Waals surface area contributed by atoms with Crippen LogP contribution < -0.4 is 16.0 Å². The van der Waals surface area contributed by atoms with Crippen LogP contribution in [0.1, 0.15) is 41.7 Å². The SMILES string of the molecule is CC1(C)SCN(C(=O)[C@@H](O)C(Cc2ccccc2)NC(=O)NCc2ccccc2C(F)(F)F)[C@@H]1C(=O)NCc1ccccc1C(F)(F)F. The molecule has 1 unspecified atom stereocenters. The quantitative estimate of drug-likeness (QED) is 0.210. The normalized spacial score (nSPS) is 17.4. The lowest BCUT2D eigenvalue weighted by Crippen LogP contribution is -2.59. The van der Waals surface area contributed by atoms with Crippen molar-refractivity contribution in [2.45, 2.75) is 68.6 Å². The highest BCUT2D eigenvalue weighted by Gasteiger charge is 2.50. The number of carbonyl (C=O) groups is 3. The summed E-state index contributed by atoms with van der Waals surface area (Å²) in [6.07, 6.45) is -11.3. The van der Waals surface area contributed by atoms with E-state index in [1.165, 1.54) is 48.2 Å². The molecule has 0 saturated carbocycles. The van der Waals surface area contributed by atoms with E-state index in [2.05, 4.69) is 16.0 Å². The molecule has 1 aliphatic heterocycles. The summed E-state index contributed by atoms with van der Waals surface area (Å²) in [5.74, 6) is -1.71. The van der Waals surface area contributed by atoms with Crippen molar-refractivity contribution in [3.05, 3.63) is 107 Å². The van der Waals surface area contributed by atoms with E-state index in [0.29, 0.717) is 5.56 Å². The van der Waals surface area contributed by atoms with Gasteiger partial charge in [-0.15, -0.1) is 11.8 Å². The number of thioether (sulfide) groups is 1. The topological polar surface area (TPSA) is 111 Å². The van der Waals surface area contributed by atoms with E-state index in [-0.39, 0.29) is 23.4 Å². The second-order valence-corrected chi connectivity index (χ2v) is 13.3. The molecule has 3 atom stereocenters. The Morgan fingerprint density at radius 3 is 1.88 bits per heavy atom. The third-order valence-electron chi connectivity index (χ3n) is 7.86. The highest BCUT2D eigenvalue weighted by atomic mass is 32.2. The van der Waals surface area contributed by atoms with Crippen LogP contribution in [-0.2, 0) is 41.5 Å². The highest BCUT2D eigenvalue weighted by molar-refractivity contribution is 8.00. The lowest BCUT2D eigenvalue weighted by atomic mass is 9.97. The van der Waals surface area contributed by atoms with Crippen LogP contribution in [0.3, 0.4) is 0 Å². The van der Waals surface area contributed by atoms with Crippen LogP contribution in [0.15, 0.2) is 78.9 Å². The average molecular weight is 697 g/mol. The minimum absolute atomic E-state index is 0.0431. The second-order valence-electron chi connectivity index (χ2n) is 11.7. The number of hydrogen-bond acceptors (Lipinski definition) is 5. The fourth-order valence-electron chi connectivity index (χ4n) is 5.44. The summed E-state index contributed by atoms with van der Waals surface area (Å²) in [5.41, 5.74) is -1.59. The van der Waals surface area contributed by atoms with Gasteiger partial charge in [0.25, 0.3) is 5.91 Å². The molecular weight excluding hydrogens is 662 g/mol. The number of nitrogens with one attached hydrogen (secondary N) is 3. The number of hydrogen-bond donors (Lipinski definition) is 4. The van der Waals surface area contributed by atoms with Gasteiger partial charge in [0.05, 0.1) is 23.0 Å². The first-order valence-electron chi connectivity index (χ1n) is 14.8. The minimum atomic E-state index is -4.65. The van der Waals surface area contributed by atoms with Gasteiger partial charge >= 0.3 is 18.4 Å². The van der Waals surface area contributed by atoms with Crippen molar-refractivity contribution in [3.63, 3.8) is 0 Å². The van der Waals surface area contributed by atoms with Gasteiger partial charge < -0.3 is 26.0 Å². The molecule has 1 fully saturated rings. The molecular formula is C33H34F6N4O4S. The summed E-state index contributed by atoms with van der Waals surface area (Å²) < 4.78 is 79.9. The van der Waals surface area contributed by atoms with Crippen LogP contribution in [0.5, 0.6) is 0 Å². The smallest absolute Gasteiger partial charge is 0.381 e. The standard InChI is InChI=1S/C33H34F6N4O4S/c1-31(2)27(28(45)40-17-21-12-6-8-14-23(21)32(34,35)36)43(19-48-31)29(46)26(44)25(16-20-10-4-3-5-11-20)42-30(47)41-18-22-13-7-9-15-24(22)33(37,38)39/h3-15,25-27,44H,16-19H2,1-2H3,(H,40,45)(H2,41,42,47)/t25?,26-,27+/m0/s1. The Morgan fingerprint density at radius 1 is 0.833 bits per heavy atom. The maximum Gasteiger partial charge on any atom is 0.416 e. The van der Waals surface area contributed by atoms with E-state index >= 15 is 0 Å². The van der Waals surface area contributed by atoms with Gasteiger partial charge in [-0.25, -0.2) is 4.79 Å². The molecule has 4 N–H and O–H groups in total. The third kappa shape index (κ3) is 9.01. The third-order valence-corrected chi connectivity index (χ3v) is 9.24. The number of benzene rings is 3. The van der Waals surface area contributed by atoms with Crippen LogP contribution in [0, 0.1) is 0 Å². The van der Waals surface area contributed by atoms with Gasteiger partial charge in [0.1, 0.15) is 6.04 Å². The van der Waals surface area contributed by atoms with Gasteiger partial charge in [-0.05, 0) is 49.1 Å². The predicted molar refractivity (Wildman–Crippen MR) is 167 cm³/mol. The molecule has 0 aromatic heterocycles. The molecule has 258 valence electrons. The number of rotatable bonds is 10. The number of halogens is 6. The van der Waals surface area contributed by atoms with E-state index in [4.69, 9.17) is 0 Å². The molecule has 0 aliphatic carbocycles. The Hall–Kier alpha value is -4.24. The van der Waals surface area contributed by atoms with Gasteiger partial charge in [0.15, 0.2) is 6.10 Å². The zero-order valence-electron chi connectivity index (χ0n) is 25.9. The van der Waals surface area contributed by atoms with E-state index in [9.17, 15) is 45.8 Å². The Morgan fingerprint density at radius 2 is 1.33 bits per heavy atom. The fourth-order valence-corrected chi connectivity index (χ4v) is 6.58.